The lowest BCUT2D eigenvalue weighted by molar-refractivity contribution is -0.117. The first-order valence-corrected chi connectivity index (χ1v) is 10.4. The van der Waals surface area contributed by atoms with Gasteiger partial charge in [0.1, 0.15) is 0 Å². The standard InChI is InChI=1S/C20H24N2O5S/c1-21(14-15-6-4-7-18(26-2)20(15)27-3)28(24,25)17-11-9-16(10-12-17)22-13-5-8-19(22)23/h4,6-7,9-12H,5,8,13-14H2,1-3H3. The average molecular weight is 404 g/mol. The zero-order valence-corrected chi connectivity index (χ0v) is 17.0. The Morgan fingerprint density at radius 1 is 1.07 bits per heavy atom. The molecule has 0 aromatic heterocycles. The summed E-state index contributed by atoms with van der Waals surface area (Å²) < 4.78 is 37.8. The van der Waals surface area contributed by atoms with Gasteiger partial charge in [0.05, 0.1) is 19.1 Å². The highest BCUT2D eigenvalue weighted by atomic mass is 32.2. The molecule has 0 saturated carbocycles. The highest BCUT2D eigenvalue weighted by molar-refractivity contribution is 7.89. The van der Waals surface area contributed by atoms with E-state index in [1.807, 2.05) is 0 Å². The fourth-order valence-corrected chi connectivity index (χ4v) is 4.45. The minimum absolute atomic E-state index is 0.0674. The number of ether oxygens (including phenoxy) is 2. The predicted octanol–water partition coefficient (Wildman–Crippen LogP) is 2.65. The van der Waals surface area contributed by atoms with Gasteiger partial charge in [-0.25, -0.2) is 8.42 Å². The van der Waals surface area contributed by atoms with E-state index in [0.717, 1.165) is 12.1 Å². The Labute approximate surface area is 165 Å². The van der Waals surface area contributed by atoms with Crippen LogP contribution in [0.2, 0.25) is 0 Å². The fourth-order valence-electron chi connectivity index (χ4n) is 3.30. The molecule has 0 unspecified atom stereocenters. The first-order chi connectivity index (χ1) is 13.4. The second-order valence-corrected chi connectivity index (χ2v) is 8.60. The molecular formula is C20H24N2O5S. The van der Waals surface area contributed by atoms with E-state index in [0.29, 0.717) is 30.0 Å². The topological polar surface area (TPSA) is 76.2 Å². The van der Waals surface area contributed by atoms with E-state index in [1.54, 1.807) is 35.2 Å². The Balaban J connectivity index is 1.82. The Hall–Kier alpha value is -2.58. The van der Waals surface area contributed by atoms with Gasteiger partial charge in [0.2, 0.25) is 15.9 Å². The van der Waals surface area contributed by atoms with Crippen LogP contribution in [0.25, 0.3) is 0 Å². The number of para-hydroxylation sites is 1. The van der Waals surface area contributed by atoms with Crippen LogP contribution in [0.3, 0.4) is 0 Å². The zero-order chi connectivity index (χ0) is 20.3. The van der Waals surface area contributed by atoms with Gasteiger partial charge in [-0.1, -0.05) is 12.1 Å². The summed E-state index contributed by atoms with van der Waals surface area (Å²) in [5, 5.41) is 0. The van der Waals surface area contributed by atoms with Crippen molar-refractivity contribution < 1.29 is 22.7 Å². The molecule has 8 heteroatoms. The average Bonchev–Trinajstić information content (AvgIpc) is 3.13. The lowest BCUT2D eigenvalue weighted by Gasteiger charge is -2.20. The second-order valence-electron chi connectivity index (χ2n) is 6.56. The second kappa shape index (κ2) is 8.20. The van der Waals surface area contributed by atoms with Crippen molar-refractivity contribution in [3.63, 3.8) is 0 Å². The number of carbonyl (C=O) groups is 1. The van der Waals surface area contributed by atoms with Crippen LogP contribution in [0, 0.1) is 0 Å². The first kappa shape index (κ1) is 20.2. The molecule has 0 atom stereocenters. The van der Waals surface area contributed by atoms with Gasteiger partial charge >= 0.3 is 0 Å². The first-order valence-electron chi connectivity index (χ1n) is 8.95. The molecule has 1 saturated heterocycles. The maximum Gasteiger partial charge on any atom is 0.243 e. The van der Waals surface area contributed by atoms with Crippen LogP contribution in [0.15, 0.2) is 47.4 Å². The van der Waals surface area contributed by atoms with Crippen molar-refractivity contribution in [1.82, 2.24) is 4.31 Å². The van der Waals surface area contributed by atoms with Gasteiger partial charge in [-0.3, -0.25) is 4.79 Å². The van der Waals surface area contributed by atoms with Gasteiger partial charge in [0.25, 0.3) is 0 Å². The molecule has 3 rings (SSSR count). The van der Waals surface area contributed by atoms with Crippen LogP contribution in [0.5, 0.6) is 11.5 Å². The summed E-state index contributed by atoms with van der Waals surface area (Å²) in [7, 11) is 0.876. The molecule has 0 radical (unpaired) electrons. The van der Waals surface area contributed by atoms with Crippen molar-refractivity contribution in [2.24, 2.45) is 0 Å². The number of hydrogen-bond donors (Lipinski definition) is 0. The molecule has 1 aliphatic rings. The van der Waals surface area contributed by atoms with Gasteiger partial charge in [0, 0.05) is 37.8 Å². The third-order valence-electron chi connectivity index (χ3n) is 4.81. The maximum absolute atomic E-state index is 13.0. The van der Waals surface area contributed by atoms with Gasteiger partial charge in [-0.05, 0) is 36.8 Å². The van der Waals surface area contributed by atoms with Crippen molar-refractivity contribution >= 4 is 21.6 Å². The number of amides is 1. The van der Waals surface area contributed by atoms with E-state index in [-0.39, 0.29) is 17.3 Å². The smallest absolute Gasteiger partial charge is 0.243 e. The Kier molecular flexibility index (Phi) is 5.90. The Morgan fingerprint density at radius 2 is 1.79 bits per heavy atom. The van der Waals surface area contributed by atoms with Gasteiger partial charge in [-0.2, -0.15) is 4.31 Å². The normalized spacial score (nSPS) is 14.6. The summed E-state index contributed by atoms with van der Waals surface area (Å²) in [5.41, 5.74) is 1.42. The molecule has 28 heavy (non-hydrogen) atoms. The quantitative estimate of drug-likeness (QED) is 0.709. The van der Waals surface area contributed by atoms with E-state index in [9.17, 15) is 13.2 Å². The maximum atomic E-state index is 13.0. The number of benzene rings is 2. The van der Waals surface area contributed by atoms with Crippen molar-refractivity contribution in [2.75, 3.05) is 32.7 Å². The molecule has 0 N–H and O–H groups in total. The number of hydrogen-bond acceptors (Lipinski definition) is 5. The van der Waals surface area contributed by atoms with Crippen LogP contribution in [-0.4, -0.2) is 46.4 Å². The van der Waals surface area contributed by atoms with E-state index in [2.05, 4.69) is 0 Å². The number of methoxy groups -OCH3 is 2. The van der Waals surface area contributed by atoms with Crippen LogP contribution in [0.4, 0.5) is 5.69 Å². The van der Waals surface area contributed by atoms with Crippen molar-refractivity contribution in [3.05, 3.63) is 48.0 Å². The fraction of sp³-hybridized carbons (Fsp3) is 0.350. The third-order valence-corrected chi connectivity index (χ3v) is 6.63. The highest BCUT2D eigenvalue weighted by Gasteiger charge is 2.25. The molecule has 0 aliphatic carbocycles. The van der Waals surface area contributed by atoms with Crippen molar-refractivity contribution in [3.8, 4) is 11.5 Å². The van der Waals surface area contributed by atoms with Crippen LogP contribution in [0.1, 0.15) is 18.4 Å². The molecule has 2 aromatic rings. The van der Waals surface area contributed by atoms with E-state index < -0.39 is 10.0 Å². The summed E-state index contributed by atoms with van der Waals surface area (Å²) in [4.78, 5) is 13.7. The lowest BCUT2D eigenvalue weighted by Crippen LogP contribution is -2.27. The predicted molar refractivity (Wildman–Crippen MR) is 106 cm³/mol. The Bertz CT molecular complexity index is 957. The zero-order valence-electron chi connectivity index (χ0n) is 16.2. The molecule has 150 valence electrons. The molecule has 7 nitrogen and oxygen atoms in total. The minimum atomic E-state index is -3.70. The minimum Gasteiger partial charge on any atom is -0.493 e. The number of anilines is 1. The van der Waals surface area contributed by atoms with Crippen LogP contribution < -0.4 is 14.4 Å². The molecule has 1 aliphatic heterocycles. The molecule has 1 fully saturated rings. The third kappa shape index (κ3) is 3.83. The summed E-state index contributed by atoms with van der Waals surface area (Å²) >= 11 is 0. The molecule has 0 bridgehead atoms. The molecule has 1 heterocycles. The summed E-state index contributed by atoms with van der Waals surface area (Å²) in [5.74, 6) is 1.12. The lowest BCUT2D eigenvalue weighted by atomic mass is 10.2. The molecular weight excluding hydrogens is 380 g/mol. The number of rotatable bonds is 7. The van der Waals surface area contributed by atoms with Crippen LogP contribution >= 0.6 is 0 Å². The summed E-state index contributed by atoms with van der Waals surface area (Å²) in [6.45, 7) is 0.801. The van der Waals surface area contributed by atoms with Gasteiger partial charge in [0.15, 0.2) is 11.5 Å². The number of sulfonamides is 1. The van der Waals surface area contributed by atoms with Gasteiger partial charge < -0.3 is 14.4 Å². The number of nitrogens with zero attached hydrogens (tertiary/aromatic N) is 2. The van der Waals surface area contributed by atoms with Gasteiger partial charge in [-0.15, -0.1) is 0 Å². The van der Waals surface area contributed by atoms with E-state index >= 15 is 0 Å². The van der Waals surface area contributed by atoms with E-state index in [1.165, 1.54) is 37.7 Å². The van der Waals surface area contributed by atoms with E-state index in [4.69, 9.17) is 9.47 Å². The largest absolute Gasteiger partial charge is 0.493 e. The van der Waals surface area contributed by atoms with Crippen molar-refractivity contribution in [2.45, 2.75) is 24.3 Å². The molecule has 0 spiro atoms. The molecule has 1 amide bonds. The summed E-state index contributed by atoms with van der Waals surface area (Å²) in [6.07, 6.45) is 1.36. The summed E-state index contributed by atoms with van der Waals surface area (Å²) in [6, 6.07) is 11.8. The SMILES string of the molecule is COc1cccc(CN(C)S(=O)(=O)c2ccc(N3CCCC3=O)cc2)c1OC. The number of carbonyl (C=O) groups excluding carboxylic acids is 1. The molecule has 2 aromatic carbocycles. The monoisotopic (exact) mass is 404 g/mol. The Morgan fingerprint density at radius 3 is 2.36 bits per heavy atom. The van der Waals surface area contributed by atoms with Crippen LogP contribution in [-0.2, 0) is 21.4 Å². The highest BCUT2D eigenvalue weighted by Crippen LogP contribution is 2.32. The van der Waals surface area contributed by atoms with Crippen molar-refractivity contribution in [1.29, 1.82) is 0 Å².